The van der Waals surface area contributed by atoms with Crippen LogP contribution in [0.5, 0.6) is 0 Å². The highest BCUT2D eigenvalue weighted by atomic mass is 16.2. The minimum atomic E-state index is -0.149. The maximum absolute atomic E-state index is 12.1. The number of likely N-dealkylation sites (tertiary alicyclic amines) is 1. The van der Waals surface area contributed by atoms with Crippen molar-refractivity contribution in [2.75, 3.05) is 13.1 Å². The average Bonchev–Trinajstić information content (AvgIpc) is 2.47. The van der Waals surface area contributed by atoms with Crippen molar-refractivity contribution >= 4 is 6.03 Å². The van der Waals surface area contributed by atoms with Crippen LogP contribution in [-0.4, -0.2) is 29.6 Å². The number of nitrogens with one attached hydrogen (secondary N) is 1. The van der Waals surface area contributed by atoms with E-state index >= 15 is 0 Å². The van der Waals surface area contributed by atoms with E-state index in [1.54, 1.807) is 0 Å². The van der Waals surface area contributed by atoms with Gasteiger partial charge in [-0.2, -0.15) is 0 Å². The van der Waals surface area contributed by atoms with Crippen LogP contribution >= 0.6 is 0 Å². The van der Waals surface area contributed by atoms with E-state index in [0.717, 1.165) is 31.8 Å². The fraction of sp³-hybridized carbons (Fsp3) is 0.632. The van der Waals surface area contributed by atoms with Crippen molar-refractivity contribution in [2.24, 2.45) is 5.92 Å². The molecule has 0 saturated carbocycles. The zero-order chi connectivity index (χ0) is 16.0. The maximum Gasteiger partial charge on any atom is 0.317 e. The van der Waals surface area contributed by atoms with Crippen molar-refractivity contribution < 1.29 is 4.79 Å². The fourth-order valence-corrected chi connectivity index (χ4v) is 3.06. The Balaban J connectivity index is 1.66. The second-order valence-electron chi connectivity index (χ2n) is 7.49. The van der Waals surface area contributed by atoms with Gasteiger partial charge in [0, 0.05) is 18.6 Å². The zero-order valence-corrected chi connectivity index (χ0v) is 14.3. The third-order valence-corrected chi connectivity index (χ3v) is 4.30. The molecule has 1 heterocycles. The topological polar surface area (TPSA) is 32.3 Å². The lowest BCUT2D eigenvalue weighted by Gasteiger charge is -2.34. The predicted molar refractivity (Wildman–Crippen MR) is 92.0 cm³/mol. The molecular formula is C19H30N2O. The van der Waals surface area contributed by atoms with E-state index in [4.69, 9.17) is 0 Å². The lowest BCUT2D eigenvalue weighted by Crippen LogP contribution is -2.50. The van der Waals surface area contributed by atoms with Gasteiger partial charge in [-0.25, -0.2) is 4.79 Å². The number of hydrogen-bond acceptors (Lipinski definition) is 1. The summed E-state index contributed by atoms with van der Waals surface area (Å²) >= 11 is 0. The molecule has 1 saturated heterocycles. The predicted octanol–water partition coefficient (Wildman–Crippen LogP) is 4.23. The highest BCUT2D eigenvalue weighted by Gasteiger charge is 2.24. The van der Waals surface area contributed by atoms with E-state index < -0.39 is 0 Å². The van der Waals surface area contributed by atoms with Crippen LogP contribution in [0.15, 0.2) is 30.3 Å². The Morgan fingerprint density at radius 1 is 1.18 bits per heavy atom. The Kier molecular flexibility index (Phi) is 5.87. The largest absolute Gasteiger partial charge is 0.333 e. The first-order valence-corrected chi connectivity index (χ1v) is 8.55. The molecule has 122 valence electrons. The number of carbonyl (C=O) groups is 1. The summed E-state index contributed by atoms with van der Waals surface area (Å²) in [5.41, 5.74) is 1.29. The monoisotopic (exact) mass is 302 g/mol. The van der Waals surface area contributed by atoms with Crippen molar-refractivity contribution in [1.82, 2.24) is 10.2 Å². The number of urea groups is 1. The first kappa shape index (κ1) is 16.9. The third-order valence-electron chi connectivity index (χ3n) is 4.30. The normalized spacial score (nSPS) is 16.6. The molecule has 1 aliphatic rings. The standard InChI is InChI=1S/C19H30N2O/c1-19(2,3)20-18(22)21-14-12-17(13-15-21)11-7-10-16-8-5-4-6-9-16/h4-6,8-9,17H,7,10-15H2,1-3H3,(H,20,22). The number of carbonyl (C=O) groups excluding carboxylic acids is 1. The number of rotatable bonds is 4. The molecule has 3 heteroatoms. The molecule has 0 unspecified atom stereocenters. The number of piperidine rings is 1. The van der Waals surface area contributed by atoms with Gasteiger partial charge in [-0.3, -0.25) is 0 Å². The third kappa shape index (κ3) is 5.70. The second kappa shape index (κ2) is 7.66. The van der Waals surface area contributed by atoms with Crippen LogP contribution < -0.4 is 5.32 Å². The number of hydrogen-bond donors (Lipinski definition) is 1. The summed E-state index contributed by atoms with van der Waals surface area (Å²) in [6, 6.07) is 10.8. The molecule has 0 bridgehead atoms. The molecular weight excluding hydrogens is 272 g/mol. The van der Waals surface area contributed by atoms with E-state index in [-0.39, 0.29) is 11.6 Å². The van der Waals surface area contributed by atoms with Crippen LogP contribution in [0.3, 0.4) is 0 Å². The molecule has 0 aliphatic carbocycles. The van der Waals surface area contributed by atoms with Gasteiger partial charge >= 0.3 is 6.03 Å². The van der Waals surface area contributed by atoms with Crippen molar-refractivity contribution in [3.05, 3.63) is 35.9 Å². The van der Waals surface area contributed by atoms with E-state index in [0.29, 0.717) is 0 Å². The number of benzene rings is 1. The highest BCUT2D eigenvalue weighted by Crippen LogP contribution is 2.23. The summed E-state index contributed by atoms with van der Waals surface area (Å²) in [6.45, 7) is 7.89. The Morgan fingerprint density at radius 2 is 1.82 bits per heavy atom. The van der Waals surface area contributed by atoms with Gasteiger partial charge in [0.25, 0.3) is 0 Å². The van der Waals surface area contributed by atoms with Crippen LogP contribution in [0.1, 0.15) is 52.0 Å². The molecule has 1 N–H and O–H groups in total. The molecule has 22 heavy (non-hydrogen) atoms. The first-order chi connectivity index (χ1) is 10.4. The van der Waals surface area contributed by atoms with Gasteiger partial charge in [0.1, 0.15) is 0 Å². The summed E-state index contributed by atoms with van der Waals surface area (Å²) < 4.78 is 0. The average molecular weight is 302 g/mol. The lowest BCUT2D eigenvalue weighted by atomic mass is 9.91. The summed E-state index contributed by atoms with van der Waals surface area (Å²) in [5.74, 6) is 0.780. The van der Waals surface area contributed by atoms with Crippen molar-refractivity contribution in [2.45, 2.75) is 58.4 Å². The Morgan fingerprint density at radius 3 is 2.41 bits per heavy atom. The zero-order valence-electron chi connectivity index (χ0n) is 14.3. The molecule has 1 fully saturated rings. The fourth-order valence-electron chi connectivity index (χ4n) is 3.06. The van der Waals surface area contributed by atoms with Gasteiger partial charge in [0.15, 0.2) is 0 Å². The summed E-state index contributed by atoms with van der Waals surface area (Å²) in [6.07, 6.45) is 6.00. The van der Waals surface area contributed by atoms with Crippen LogP contribution in [0.25, 0.3) is 0 Å². The smallest absolute Gasteiger partial charge is 0.317 e. The summed E-state index contributed by atoms with van der Waals surface area (Å²) in [7, 11) is 0. The van der Waals surface area contributed by atoms with Gasteiger partial charge in [-0.05, 0) is 64.4 Å². The van der Waals surface area contributed by atoms with E-state index in [2.05, 4.69) is 35.6 Å². The van der Waals surface area contributed by atoms with Crippen LogP contribution in [0.2, 0.25) is 0 Å². The molecule has 0 aromatic heterocycles. The van der Waals surface area contributed by atoms with Crippen LogP contribution in [0, 0.1) is 5.92 Å². The SMILES string of the molecule is CC(C)(C)NC(=O)N1CCC(CCCc2ccccc2)CC1. The molecule has 1 aromatic rings. The Bertz CT molecular complexity index is 456. The molecule has 2 amide bonds. The summed E-state index contributed by atoms with van der Waals surface area (Å²) in [5, 5.41) is 3.06. The molecule has 1 aliphatic heterocycles. The Labute approximate surface area is 135 Å². The number of aryl methyl sites for hydroxylation is 1. The minimum Gasteiger partial charge on any atom is -0.333 e. The number of nitrogens with zero attached hydrogens (tertiary/aromatic N) is 1. The van der Waals surface area contributed by atoms with Gasteiger partial charge in [0.05, 0.1) is 0 Å². The maximum atomic E-state index is 12.1. The van der Waals surface area contributed by atoms with Crippen molar-refractivity contribution in [3.63, 3.8) is 0 Å². The molecule has 0 radical (unpaired) electrons. The van der Waals surface area contributed by atoms with E-state index in [1.807, 2.05) is 25.7 Å². The van der Waals surface area contributed by atoms with Gasteiger partial charge < -0.3 is 10.2 Å². The second-order valence-corrected chi connectivity index (χ2v) is 7.49. The van der Waals surface area contributed by atoms with Crippen LogP contribution in [0.4, 0.5) is 4.79 Å². The summed E-state index contributed by atoms with van der Waals surface area (Å²) in [4.78, 5) is 14.1. The highest BCUT2D eigenvalue weighted by molar-refractivity contribution is 5.75. The molecule has 0 atom stereocenters. The molecule has 2 rings (SSSR count). The van der Waals surface area contributed by atoms with Crippen molar-refractivity contribution in [1.29, 1.82) is 0 Å². The van der Waals surface area contributed by atoms with E-state index in [9.17, 15) is 4.79 Å². The molecule has 3 nitrogen and oxygen atoms in total. The van der Waals surface area contributed by atoms with E-state index in [1.165, 1.54) is 24.8 Å². The number of amides is 2. The van der Waals surface area contributed by atoms with Crippen molar-refractivity contribution in [3.8, 4) is 0 Å². The van der Waals surface area contributed by atoms with Crippen LogP contribution in [-0.2, 0) is 6.42 Å². The van der Waals surface area contributed by atoms with Gasteiger partial charge in [-0.15, -0.1) is 0 Å². The first-order valence-electron chi connectivity index (χ1n) is 8.55. The lowest BCUT2D eigenvalue weighted by molar-refractivity contribution is 0.160. The van der Waals surface area contributed by atoms with Gasteiger partial charge in [-0.1, -0.05) is 30.3 Å². The minimum absolute atomic E-state index is 0.0928. The molecule has 0 spiro atoms. The molecule has 1 aromatic carbocycles. The quantitative estimate of drug-likeness (QED) is 0.887. The Hall–Kier alpha value is -1.51. The van der Waals surface area contributed by atoms with Gasteiger partial charge in [0.2, 0.25) is 0 Å².